The van der Waals surface area contributed by atoms with Crippen molar-refractivity contribution in [1.82, 2.24) is 9.55 Å². The van der Waals surface area contributed by atoms with Crippen LogP contribution in [0.25, 0.3) is 0 Å². The fourth-order valence-electron chi connectivity index (χ4n) is 0.710. The number of aromatic nitrogens is 2. The minimum atomic E-state index is -0.684. The van der Waals surface area contributed by atoms with E-state index in [1.165, 1.54) is 7.11 Å². The Morgan fingerprint density at radius 2 is 2.58 bits per heavy atom. The van der Waals surface area contributed by atoms with Gasteiger partial charge in [-0.25, -0.2) is 14.3 Å². The van der Waals surface area contributed by atoms with Crippen LogP contribution in [0.2, 0.25) is 0 Å². The number of nitriles is 1. The number of hydrogen-bond donors (Lipinski definition) is 1. The van der Waals surface area contributed by atoms with Gasteiger partial charge in [0.05, 0.1) is 7.11 Å². The first kappa shape index (κ1) is 8.07. The molecule has 1 aromatic heterocycles. The predicted octanol–water partition coefficient (Wildman–Crippen LogP) is -0.0485. The van der Waals surface area contributed by atoms with Crippen molar-refractivity contribution >= 4 is 11.9 Å². The molecule has 12 heavy (non-hydrogen) atoms. The molecule has 0 radical (unpaired) electrons. The molecule has 1 heterocycles. The second-order valence-electron chi connectivity index (χ2n) is 1.93. The summed E-state index contributed by atoms with van der Waals surface area (Å²) in [7, 11) is 1.21. The van der Waals surface area contributed by atoms with E-state index in [4.69, 9.17) is 11.0 Å². The average Bonchev–Trinajstić information content (AvgIpc) is 2.45. The zero-order chi connectivity index (χ0) is 9.14. The van der Waals surface area contributed by atoms with Gasteiger partial charge in [-0.1, -0.05) is 0 Å². The number of nitrogen functional groups attached to an aromatic ring is 1. The first-order valence-corrected chi connectivity index (χ1v) is 3.02. The van der Waals surface area contributed by atoms with Crippen LogP contribution in [0.5, 0.6) is 0 Å². The lowest BCUT2D eigenvalue weighted by atomic mass is 10.5. The minimum Gasteiger partial charge on any atom is -0.452 e. The number of methoxy groups -OCH3 is 1. The molecule has 0 unspecified atom stereocenters. The van der Waals surface area contributed by atoms with Gasteiger partial charge in [0.2, 0.25) is 0 Å². The summed E-state index contributed by atoms with van der Waals surface area (Å²) in [5.74, 6) is 0.0166. The number of carbonyl (C=O) groups is 1. The lowest BCUT2D eigenvalue weighted by Crippen LogP contribution is -2.12. The molecule has 1 rings (SSSR count). The molecule has 0 aliphatic carbocycles. The number of nitrogens with two attached hydrogens (primary N) is 1. The number of hydrogen-bond acceptors (Lipinski definition) is 5. The largest absolute Gasteiger partial charge is 0.452 e. The average molecular weight is 166 g/mol. The third-order valence-corrected chi connectivity index (χ3v) is 1.27. The van der Waals surface area contributed by atoms with E-state index in [0.717, 1.165) is 10.9 Å². The van der Waals surface area contributed by atoms with Gasteiger partial charge in [0, 0.05) is 0 Å². The van der Waals surface area contributed by atoms with Crippen molar-refractivity contribution in [3.05, 3.63) is 12.0 Å². The highest BCUT2D eigenvalue weighted by atomic mass is 16.5. The molecule has 0 bridgehead atoms. The van der Waals surface area contributed by atoms with Gasteiger partial charge in [-0.3, -0.25) is 0 Å². The van der Waals surface area contributed by atoms with Crippen LogP contribution in [0.3, 0.4) is 0 Å². The number of ether oxygens (including phenoxy) is 1. The standard InChI is InChI=1S/C6H6N4O2/c1-12-6(11)10-3-9-5(8)4(10)2-7/h3H,8H2,1H3. The van der Waals surface area contributed by atoms with Gasteiger partial charge in [0.25, 0.3) is 0 Å². The SMILES string of the molecule is COC(=O)n1cnc(N)c1C#N. The molecular formula is C6H6N4O2. The number of carbonyl (C=O) groups excluding carboxylic acids is 1. The maximum absolute atomic E-state index is 10.9. The highest BCUT2D eigenvalue weighted by molar-refractivity contribution is 5.73. The molecule has 62 valence electrons. The van der Waals surface area contributed by atoms with Crippen molar-refractivity contribution < 1.29 is 9.53 Å². The summed E-state index contributed by atoms with van der Waals surface area (Å²) in [6.45, 7) is 0. The first-order chi connectivity index (χ1) is 5.70. The quantitative estimate of drug-likeness (QED) is 0.583. The summed E-state index contributed by atoms with van der Waals surface area (Å²) in [6.07, 6.45) is 0.454. The normalized spacial score (nSPS) is 9.00. The van der Waals surface area contributed by atoms with Crippen molar-refractivity contribution in [2.75, 3.05) is 12.8 Å². The fraction of sp³-hybridized carbons (Fsp3) is 0.167. The number of anilines is 1. The van der Waals surface area contributed by atoms with Gasteiger partial charge < -0.3 is 10.5 Å². The van der Waals surface area contributed by atoms with E-state index in [1.807, 2.05) is 0 Å². The van der Waals surface area contributed by atoms with Gasteiger partial charge >= 0.3 is 6.09 Å². The molecular weight excluding hydrogens is 160 g/mol. The van der Waals surface area contributed by atoms with Gasteiger partial charge in [-0.05, 0) is 0 Å². The molecule has 0 aliphatic heterocycles. The third kappa shape index (κ3) is 1.08. The minimum absolute atomic E-state index is 0.0122. The van der Waals surface area contributed by atoms with Gasteiger partial charge in [0.15, 0.2) is 11.5 Å². The highest BCUT2D eigenvalue weighted by Gasteiger charge is 2.13. The Balaban J connectivity index is 3.18. The van der Waals surface area contributed by atoms with E-state index in [2.05, 4.69) is 9.72 Å². The van der Waals surface area contributed by atoms with Crippen LogP contribution in [0, 0.1) is 11.3 Å². The van der Waals surface area contributed by atoms with Gasteiger partial charge in [-0.2, -0.15) is 5.26 Å². The molecule has 0 saturated heterocycles. The number of nitrogens with zero attached hydrogens (tertiary/aromatic N) is 3. The van der Waals surface area contributed by atoms with Crippen molar-refractivity contribution in [3.8, 4) is 6.07 Å². The Hall–Kier alpha value is -2.03. The van der Waals surface area contributed by atoms with Crippen LogP contribution in [0.15, 0.2) is 6.33 Å². The Morgan fingerprint density at radius 3 is 3.08 bits per heavy atom. The molecule has 6 nitrogen and oxygen atoms in total. The molecule has 0 fully saturated rings. The molecule has 0 atom stereocenters. The Labute approximate surface area is 68.2 Å². The fourth-order valence-corrected chi connectivity index (χ4v) is 0.710. The smallest absolute Gasteiger partial charge is 0.420 e. The summed E-state index contributed by atoms with van der Waals surface area (Å²) < 4.78 is 5.31. The van der Waals surface area contributed by atoms with Crippen molar-refractivity contribution in [3.63, 3.8) is 0 Å². The van der Waals surface area contributed by atoms with E-state index in [9.17, 15) is 4.79 Å². The van der Waals surface area contributed by atoms with Crippen molar-refractivity contribution in [1.29, 1.82) is 5.26 Å². The number of imidazole rings is 1. The summed E-state index contributed by atoms with van der Waals surface area (Å²) in [4.78, 5) is 14.5. The summed E-state index contributed by atoms with van der Waals surface area (Å²) in [5, 5.41) is 8.53. The molecule has 0 saturated carbocycles. The molecule has 2 N–H and O–H groups in total. The number of rotatable bonds is 0. The topological polar surface area (TPSA) is 93.9 Å². The van der Waals surface area contributed by atoms with E-state index in [1.54, 1.807) is 6.07 Å². The second-order valence-corrected chi connectivity index (χ2v) is 1.93. The van der Waals surface area contributed by atoms with Gasteiger partial charge in [0.1, 0.15) is 12.4 Å². The van der Waals surface area contributed by atoms with Crippen molar-refractivity contribution in [2.24, 2.45) is 0 Å². The van der Waals surface area contributed by atoms with Crippen molar-refractivity contribution in [2.45, 2.75) is 0 Å². The summed E-state index contributed by atoms with van der Waals surface area (Å²) >= 11 is 0. The third-order valence-electron chi connectivity index (χ3n) is 1.27. The maximum atomic E-state index is 10.9. The lowest BCUT2D eigenvalue weighted by Gasteiger charge is -1.98. The predicted molar refractivity (Wildman–Crippen MR) is 39.2 cm³/mol. The van der Waals surface area contributed by atoms with E-state index in [-0.39, 0.29) is 11.5 Å². The van der Waals surface area contributed by atoms with E-state index < -0.39 is 6.09 Å². The van der Waals surface area contributed by atoms with E-state index in [0.29, 0.717) is 0 Å². The first-order valence-electron chi connectivity index (χ1n) is 3.02. The molecule has 6 heteroatoms. The maximum Gasteiger partial charge on any atom is 0.420 e. The van der Waals surface area contributed by atoms with Crippen LogP contribution < -0.4 is 5.73 Å². The highest BCUT2D eigenvalue weighted by Crippen LogP contribution is 2.07. The van der Waals surface area contributed by atoms with E-state index >= 15 is 0 Å². The Bertz CT molecular complexity index is 349. The Kier molecular flexibility index (Phi) is 1.96. The molecule has 0 aliphatic rings. The van der Waals surface area contributed by atoms with Crippen LogP contribution >= 0.6 is 0 Å². The van der Waals surface area contributed by atoms with Crippen LogP contribution in [-0.4, -0.2) is 22.8 Å². The molecule has 0 aromatic carbocycles. The monoisotopic (exact) mass is 166 g/mol. The zero-order valence-corrected chi connectivity index (χ0v) is 6.31. The summed E-state index contributed by atoms with van der Waals surface area (Å²) in [5.41, 5.74) is 5.27. The molecule has 1 aromatic rings. The van der Waals surface area contributed by atoms with Gasteiger partial charge in [-0.15, -0.1) is 0 Å². The van der Waals surface area contributed by atoms with Crippen LogP contribution in [-0.2, 0) is 4.74 Å². The summed E-state index contributed by atoms with van der Waals surface area (Å²) in [6, 6.07) is 1.73. The van der Waals surface area contributed by atoms with Crippen LogP contribution in [0.4, 0.5) is 10.6 Å². The Morgan fingerprint density at radius 1 is 1.92 bits per heavy atom. The van der Waals surface area contributed by atoms with Crippen LogP contribution in [0.1, 0.15) is 5.69 Å². The zero-order valence-electron chi connectivity index (χ0n) is 6.31. The molecule has 0 spiro atoms. The second kappa shape index (κ2) is 2.92. The lowest BCUT2D eigenvalue weighted by molar-refractivity contribution is 0.172. The molecule has 0 amide bonds.